The quantitative estimate of drug-likeness (QED) is 0.843. The topological polar surface area (TPSA) is 51.2 Å². The maximum atomic E-state index is 13.4. The Morgan fingerprint density at radius 3 is 2.59 bits per heavy atom. The van der Waals surface area contributed by atoms with E-state index in [1.54, 1.807) is 0 Å². The lowest BCUT2D eigenvalue weighted by Crippen LogP contribution is -2.29. The summed E-state index contributed by atoms with van der Waals surface area (Å²) in [6.07, 6.45) is 1.36. The smallest absolute Gasteiger partial charge is 0.257 e. The molecule has 0 bridgehead atoms. The van der Waals surface area contributed by atoms with Crippen LogP contribution in [0.25, 0.3) is 0 Å². The molecule has 0 atom stereocenters. The molecule has 116 valence electrons. The Morgan fingerprint density at radius 2 is 1.95 bits per heavy atom. The molecule has 0 saturated carbocycles. The fourth-order valence-corrected chi connectivity index (χ4v) is 2.06. The molecular weight excluding hydrogens is 337 g/mol. The number of pyridine rings is 1. The number of halogens is 4. The van der Waals surface area contributed by atoms with Gasteiger partial charge in [0.15, 0.2) is 0 Å². The largest absolute Gasteiger partial charge is 0.475 e. The summed E-state index contributed by atoms with van der Waals surface area (Å²) in [4.78, 5) is 15.6. The first-order valence-corrected chi connectivity index (χ1v) is 6.90. The molecule has 0 fully saturated rings. The maximum Gasteiger partial charge on any atom is 0.257 e. The molecule has 1 amide bonds. The van der Waals surface area contributed by atoms with Crippen LogP contribution in [0, 0.1) is 11.6 Å². The van der Waals surface area contributed by atoms with Crippen molar-refractivity contribution in [3.63, 3.8) is 0 Å². The van der Waals surface area contributed by atoms with E-state index in [9.17, 15) is 13.6 Å². The van der Waals surface area contributed by atoms with Gasteiger partial charge in [0, 0.05) is 6.20 Å². The number of ether oxygens (including phenoxy) is 1. The van der Waals surface area contributed by atoms with Crippen LogP contribution in [0.1, 0.15) is 10.4 Å². The molecule has 1 N–H and O–H groups in total. The van der Waals surface area contributed by atoms with Gasteiger partial charge in [-0.1, -0.05) is 29.3 Å². The van der Waals surface area contributed by atoms with E-state index >= 15 is 0 Å². The van der Waals surface area contributed by atoms with Crippen LogP contribution in [0.3, 0.4) is 0 Å². The SMILES string of the molecule is O=C(NCCOc1ncc(Cl)cc1Cl)c1c(F)cccc1F. The highest BCUT2D eigenvalue weighted by Crippen LogP contribution is 2.24. The van der Waals surface area contributed by atoms with Crippen molar-refractivity contribution in [3.8, 4) is 5.88 Å². The van der Waals surface area contributed by atoms with Crippen LogP contribution in [0.2, 0.25) is 10.0 Å². The molecule has 0 spiro atoms. The van der Waals surface area contributed by atoms with E-state index in [0.29, 0.717) is 5.02 Å². The number of nitrogens with one attached hydrogen (secondary N) is 1. The summed E-state index contributed by atoms with van der Waals surface area (Å²) in [6.45, 7) is 0.0450. The molecule has 0 unspecified atom stereocenters. The summed E-state index contributed by atoms with van der Waals surface area (Å²) in [5.74, 6) is -2.58. The average Bonchev–Trinajstić information content (AvgIpc) is 2.45. The van der Waals surface area contributed by atoms with Gasteiger partial charge in [-0.2, -0.15) is 0 Å². The summed E-state index contributed by atoms with van der Waals surface area (Å²) in [6, 6.07) is 4.65. The molecule has 4 nitrogen and oxygen atoms in total. The minimum absolute atomic E-state index is 0.0211. The molecule has 0 saturated heterocycles. The normalized spacial score (nSPS) is 10.4. The van der Waals surface area contributed by atoms with Gasteiger partial charge in [0.25, 0.3) is 5.91 Å². The third-order valence-electron chi connectivity index (χ3n) is 2.59. The van der Waals surface area contributed by atoms with Crippen LogP contribution < -0.4 is 10.1 Å². The molecule has 1 heterocycles. The Labute approximate surface area is 135 Å². The summed E-state index contributed by atoms with van der Waals surface area (Å²) in [7, 11) is 0. The summed E-state index contributed by atoms with van der Waals surface area (Å²) in [5.41, 5.74) is -0.634. The van der Waals surface area contributed by atoms with Crippen LogP contribution in [-0.4, -0.2) is 24.0 Å². The van der Waals surface area contributed by atoms with Crippen molar-refractivity contribution >= 4 is 29.1 Å². The van der Waals surface area contributed by atoms with Gasteiger partial charge in [-0.05, 0) is 18.2 Å². The van der Waals surface area contributed by atoms with Crippen molar-refractivity contribution in [3.05, 3.63) is 57.7 Å². The zero-order valence-corrected chi connectivity index (χ0v) is 12.6. The Hall–Kier alpha value is -1.92. The number of rotatable bonds is 5. The van der Waals surface area contributed by atoms with Crippen molar-refractivity contribution in [1.82, 2.24) is 10.3 Å². The minimum atomic E-state index is -0.930. The van der Waals surface area contributed by atoms with Crippen molar-refractivity contribution in [1.29, 1.82) is 0 Å². The lowest BCUT2D eigenvalue weighted by molar-refractivity contribution is 0.0938. The van der Waals surface area contributed by atoms with Crippen molar-refractivity contribution in [2.24, 2.45) is 0 Å². The van der Waals surface area contributed by atoms with E-state index in [4.69, 9.17) is 27.9 Å². The molecule has 0 aliphatic heterocycles. The lowest BCUT2D eigenvalue weighted by Gasteiger charge is -2.09. The molecule has 0 radical (unpaired) electrons. The number of aromatic nitrogens is 1. The molecule has 0 aliphatic rings. The van der Waals surface area contributed by atoms with Crippen LogP contribution in [-0.2, 0) is 0 Å². The molecule has 2 rings (SSSR count). The van der Waals surface area contributed by atoms with Crippen LogP contribution in [0.15, 0.2) is 30.5 Å². The summed E-state index contributed by atoms with van der Waals surface area (Å²) < 4.78 is 32.0. The third kappa shape index (κ3) is 4.05. The van der Waals surface area contributed by atoms with E-state index < -0.39 is 23.1 Å². The number of carbonyl (C=O) groups excluding carboxylic acids is 1. The second kappa shape index (κ2) is 7.38. The Morgan fingerprint density at radius 1 is 1.27 bits per heavy atom. The predicted octanol–water partition coefficient (Wildman–Crippen LogP) is 3.48. The Bertz CT molecular complexity index is 678. The van der Waals surface area contributed by atoms with Crippen molar-refractivity contribution < 1.29 is 18.3 Å². The maximum absolute atomic E-state index is 13.4. The third-order valence-corrected chi connectivity index (χ3v) is 3.07. The van der Waals surface area contributed by atoms with Gasteiger partial charge < -0.3 is 10.1 Å². The zero-order valence-electron chi connectivity index (χ0n) is 11.1. The van der Waals surface area contributed by atoms with Gasteiger partial charge >= 0.3 is 0 Å². The first kappa shape index (κ1) is 16.5. The molecule has 22 heavy (non-hydrogen) atoms. The van der Waals surface area contributed by atoms with Gasteiger partial charge in [-0.15, -0.1) is 0 Å². The van der Waals surface area contributed by atoms with E-state index in [2.05, 4.69) is 10.3 Å². The van der Waals surface area contributed by atoms with Gasteiger partial charge in [-0.25, -0.2) is 13.8 Å². The standard InChI is InChI=1S/C14H10Cl2F2N2O2/c15-8-6-9(16)14(20-7-8)22-5-4-19-13(21)12-10(17)2-1-3-11(12)18/h1-3,6-7H,4-5H2,(H,19,21). The van der Waals surface area contributed by atoms with Crippen molar-refractivity contribution in [2.45, 2.75) is 0 Å². The van der Waals surface area contributed by atoms with Crippen LogP contribution in [0.5, 0.6) is 5.88 Å². The summed E-state index contributed by atoms with van der Waals surface area (Å²) >= 11 is 11.5. The molecular formula is C14H10Cl2F2N2O2. The number of carbonyl (C=O) groups is 1. The van der Waals surface area contributed by atoms with Crippen LogP contribution in [0.4, 0.5) is 8.78 Å². The number of hydrogen-bond acceptors (Lipinski definition) is 3. The van der Waals surface area contributed by atoms with Gasteiger partial charge in [-0.3, -0.25) is 4.79 Å². The average molecular weight is 347 g/mol. The second-order valence-electron chi connectivity index (χ2n) is 4.14. The first-order chi connectivity index (χ1) is 10.5. The van der Waals surface area contributed by atoms with Gasteiger partial charge in [0.2, 0.25) is 5.88 Å². The van der Waals surface area contributed by atoms with E-state index in [1.165, 1.54) is 18.3 Å². The molecule has 8 heteroatoms. The monoisotopic (exact) mass is 346 g/mol. The van der Waals surface area contributed by atoms with Crippen molar-refractivity contribution in [2.75, 3.05) is 13.2 Å². The fourth-order valence-electron chi connectivity index (χ4n) is 1.62. The van der Waals surface area contributed by atoms with Crippen LogP contribution >= 0.6 is 23.2 Å². The Kier molecular flexibility index (Phi) is 5.51. The highest BCUT2D eigenvalue weighted by atomic mass is 35.5. The molecule has 0 aliphatic carbocycles. The first-order valence-electron chi connectivity index (χ1n) is 6.15. The highest BCUT2D eigenvalue weighted by molar-refractivity contribution is 6.35. The highest BCUT2D eigenvalue weighted by Gasteiger charge is 2.16. The fraction of sp³-hybridized carbons (Fsp3) is 0.143. The number of hydrogen-bond donors (Lipinski definition) is 1. The van der Waals surface area contributed by atoms with Gasteiger partial charge in [0.05, 0.1) is 11.6 Å². The Balaban J connectivity index is 1.87. The van der Waals surface area contributed by atoms with E-state index in [-0.39, 0.29) is 24.1 Å². The zero-order chi connectivity index (χ0) is 16.1. The van der Waals surface area contributed by atoms with E-state index in [0.717, 1.165) is 12.1 Å². The molecule has 1 aromatic carbocycles. The van der Waals surface area contributed by atoms with Gasteiger partial charge in [0.1, 0.15) is 28.8 Å². The summed E-state index contributed by atoms with van der Waals surface area (Å²) in [5, 5.41) is 2.92. The number of nitrogens with zero attached hydrogens (tertiary/aromatic N) is 1. The predicted molar refractivity (Wildman–Crippen MR) is 78.4 cm³/mol. The number of amides is 1. The second-order valence-corrected chi connectivity index (χ2v) is 4.99. The lowest BCUT2D eigenvalue weighted by atomic mass is 10.2. The number of benzene rings is 1. The minimum Gasteiger partial charge on any atom is -0.475 e. The van der Waals surface area contributed by atoms with E-state index in [1.807, 2.05) is 0 Å². The molecule has 2 aromatic rings. The molecule has 1 aromatic heterocycles.